The van der Waals surface area contributed by atoms with Gasteiger partial charge in [0.1, 0.15) is 12.2 Å². The van der Waals surface area contributed by atoms with E-state index in [1.54, 1.807) is 0 Å². The Hall–Kier alpha value is -2.16. The van der Waals surface area contributed by atoms with Crippen LogP contribution in [0.2, 0.25) is 0 Å². The van der Waals surface area contributed by atoms with Crippen LogP contribution in [0.1, 0.15) is 38.3 Å². The zero-order valence-electron chi connectivity index (χ0n) is 11.6. The maximum absolute atomic E-state index is 11.9. The molecule has 1 atom stereocenters. The zero-order valence-corrected chi connectivity index (χ0v) is 11.6. The molecule has 0 aromatic carbocycles. The highest BCUT2D eigenvalue weighted by molar-refractivity contribution is 5.76. The summed E-state index contributed by atoms with van der Waals surface area (Å²) in [5.41, 5.74) is 0.185. The monoisotopic (exact) mass is 274 g/mol. The summed E-state index contributed by atoms with van der Waals surface area (Å²) in [6.45, 7) is 3.33. The van der Waals surface area contributed by atoms with E-state index in [2.05, 4.69) is 9.97 Å². The number of hydrogen-bond acceptors (Lipinski definition) is 5. The molecule has 1 aliphatic heterocycles. The lowest BCUT2D eigenvalue weighted by molar-refractivity contribution is -0.133. The number of rotatable bonds is 4. The van der Waals surface area contributed by atoms with Crippen molar-refractivity contribution < 1.29 is 9.53 Å². The highest BCUT2D eigenvalue weighted by Gasteiger charge is 2.25. The van der Waals surface area contributed by atoms with Crippen molar-refractivity contribution in [2.75, 3.05) is 13.1 Å². The number of amides is 1. The van der Waals surface area contributed by atoms with E-state index in [-0.39, 0.29) is 23.6 Å². The molecule has 1 aromatic heterocycles. The number of nitriles is 1. The number of carbonyl (C=O) groups excluding carboxylic acids is 1. The molecule has 1 aliphatic rings. The fourth-order valence-corrected chi connectivity index (χ4v) is 2.28. The molecular weight excluding hydrogens is 256 g/mol. The molecule has 0 spiro atoms. The van der Waals surface area contributed by atoms with E-state index in [1.165, 1.54) is 12.4 Å². The highest BCUT2D eigenvalue weighted by Crippen LogP contribution is 2.19. The number of ether oxygens (including phenoxy) is 1. The van der Waals surface area contributed by atoms with Crippen molar-refractivity contribution in [3.05, 3.63) is 18.1 Å². The predicted molar refractivity (Wildman–Crippen MR) is 71.9 cm³/mol. The third-order valence-electron chi connectivity index (χ3n) is 3.24. The minimum Gasteiger partial charge on any atom is -0.470 e. The van der Waals surface area contributed by atoms with E-state index in [1.807, 2.05) is 17.9 Å². The van der Waals surface area contributed by atoms with Crippen LogP contribution in [0.25, 0.3) is 0 Å². The first kappa shape index (κ1) is 14.3. The van der Waals surface area contributed by atoms with Crippen LogP contribution in [0, 0.1) is 11.3 Å². The van der Waals surface area contributed by atoms with Gasteiger partial charge in [-0.05, 0) is 19.3 Å². The summed E-state index contributed by atoms with van der Waals surface area (Å²) in [6.07, 6.45) is 6.03. The Morgan fingerprint density at radius 2 is 2.35 bits per heavy atom. The second-order valence-corrected chi connectivity index (χ2v) is 4.79. The van der Waals surface area contributed by atoms with Gasteiger partial charge in [-0.3, -0.25) is 4.79 Å². The van der Waals surface area contributed by atoms with Crippen LogP contribution in [-0.4, -0.2) is 40.0 Å². The van der Waals surface area contributed by atoms with Crippen molar-refractivity contribution in [3.8, 4) is 11.9 Å². The Balaban J connectivity index is 1.99. The average molecular weight is 274 g/mol. The highest BCUT2D eigenvalue weighted by atomic mass is 16.5. The Labute approximate surface area is 118 Å². The first-order valence-electron chi connectivity index (χ1n) is 6.90. The van der Waals surface area contributed by atoms with Gasteiger partial charge in [0.2, 0.25) is 11.6 Å². The van der Waals surface area contributed by atoms with E-state index in [0.717, 1.165) is 25.8 Å². The lowest BCUT2D eigenvalue weighted by Gasteiger charge is -2.32. The van der Waals surface area contributed by atoms with Gasteiger partial charge in [-0.2, -0.15) is 5.26 Å². The maximum Gasteiger partial charge on any atom is 0.251 e. The van der Waals surface area contributed by atoms with Gasteiger partial charge in [-0.1, -0.05) is 6.92 Å². The molecule has 1 aromatic rings. The number of nitrogens with zero attached hydrogens (tertiary/aromatic N) is 4. The second kappa shape index (κ2) is 6.85. The quantitative estimate of drug-likeness (QED) is 0.831. The van der Waals surface area contributed by atoms with Crippen LogP contribution in [0.15, 0.2) is 12.4 Å². The molecule has 20 heavy (non-hydrogen) atoms. The van der Waals surface area contributed by atoms with Crippen LogP contribution < -0.4 is 4.74 Å². The Morgan fingerprint density at radius 1 is 1.55 bits per heavy atom. The molecule has 2 heterocycles. The minimum absolute atomic E-state index is 0.117. The average Bonchev–Trinajstić information content (AvgIpc) is 2.48. The van der Waals surface area contributed by atoms with Crippen molar-refractivity contribution >= 4 is 5.91 Å². The summed E-state index contributed by atoms with van der Waals surface area (Å²) >= 11 is 0. The van der Waals surface area contributed by atoms with Gasteiger partial charge in [-0.25, -0.2) is 9.97 Å². The van der Waals surface area contributed by atoms with Crippen LogP contribution in [-0.2, 0) is 4.79 Å². The molecule has 1 fully saturated rings. The Bertz CT molecular complexity index is 512. The molecule has 0 radical (unpaired) electrons. The smallest absolute Gasteiger partial charge is 0.251 e. The number of likely N-dealkylation sites (tertiary alicyclic amines) is 1. The molecule has 106 valence electrons. The molecule has 0 N–H and O–H groups in total. The number of carbonyl (C=O) groups is 1. The summed E-state index contributed by atoms with van der Waals surface area (Å²) in [7, 11) is 0. The molecule has 0 bridgehead atoms. The van der Waals surface area contributed by atoms with Gasteiger partial charge in [0.15, 0.2) is 0 Å². The first-order chi connectivity index (χ1) is 9.74. The molecule has 1 amide bonds. The van der Waals surface area contributed by atoms with E-state index in [0.29, 0.717) is 13.0 Å². The predicted octanol–water partition coefficient (Wildman–Crippen LogP) is 1.52. The van der Waals surface area contributed by atoms with Crippen molar-refractivity contribution in [3.63, 3.8) is 0 Å². The number of aromatic nitrogens is 2. The van der Waals surface area contributed by atoms with Crippen molar-refractivity contribution in [1.29, 1.82) is 5.26 Å². The van der Waals surface area contributed by atoms with E-state index in [9.17, 15) is 4.79 Å². The van der Waals surface area contributed by atoms with Gasteiger partial charge in [0.05, 0.1) is 6.54 Å². The van der Waals surface area contributed by atoms with Crippen LogP contribution in [0.5, 0.6) is 5.88 Å². The zero-order chi connectivity index (χ0) is 14.4. The van der Waals surface area contributed by atoms with E-state index in [4.69, 9.17) is 10.00 Å². The SMILES string of the molecule is CCCC(=O)N1CCCC(Oc2nccnc2C#N)C1. The third-order valence-corrected chi connectivity index (χ3v) is 3.24. The summed E-state index contributed by atoms with van der Waals surface area (Å²) in [6, 6.07) is 1.96. The number of piperidine rings is 1. The topological polar surface area (TPSA) is 79.1 Å². The molecule has 1 unspecified atom stereocenters. The third kappa shape index (κ3) is 3.44. The standard InChI is InChI=1S/C14H18N4O2/c1-2-4-13(19)18-8-3-5-11(10-18)20-14-12(9-15)16-6-7-17-14/h6-7,11H,2-5,8,10H2,1H3. The molecular formula is C14H18N4O2. The lowest BCUT2D eigenvalue weighted by Crippen LogP contribution is -2.44. The summed E-state index contributed by atoms with van der Waals surface area (Å²) in [5, 5.41) is 8.96. The molecule has 2 rings (SSSR count). The summed E-state index contributed by atoms with van der Waals surface area (Å²) in [4.78, 5) is 21.7. The van der Waals surface area contributed by atoms with Gasteiger partial charge < -0.3 is 9.64 Å². The largest absolute Gasteiger partial charge is 0.470 e. The normalized spacial score (nSPS) is 18.4. The fraction of sp³-hybridized carbons (Fsp3) is 0.571. The molecule has 0 saturated carbocycles. The Morgan fingerprint density at radius 3 is 3.10 bits per heavy atom. The molecule has 0 aliphatic carbocycles. The van der Waals surface area contributed by atoms with Crippen molar-refractivity contribution in [1.82, 2.24) is 14.9 Å². The van der Waals surface area contributed by atoms with Gasteiger partial charge >= 0.3 is 0 Å². The first-order valence-corrected chi connectivity index (χ1v) is 6.90. The summed E-state index contributed by atoms with van der Waals surface area (Å²) < 4.78 is 5.75. The maximum atomic E-state index is 11.9. The minimum atomic E-state index is -0.117. The molecule has 6 nitrogen and oxygen atoms in total. The van der Waals surface area contributed by atoms with Crippen molar-refractivity contribution in [2.24, 2.45) is 0 Å². The van der Waals surface area contributed by atoms with Crippen LogP contribution >= 0.6 is 0 Å². The summed E-state index contributed by atoms with van der Waals surface area (Å²) in [5.74, 6) is 0.422. The van der Waals surface area contributed by atoms with Gasteiger partial charge in [0.25, 0.3) is 5.88 Å². The molecule has 1 saturated heterocycles. The Kier molecular flexibility index (Phi) is 4.88. The number of hydrogen-bond donors (Lipinski definition) is 0. The van der Waals surface area contributed by atoms with Gasteiger partial charge in [-0.15, -0.1) is 0 Å². The second-order valence-electron chi connectivity index (χ2n) is 4.79. The fourth-order valence-electron chi connectivity index (χ4n) is 2.28. The lowest BCUT2D eigenvalue weighted by atomic mass is 10.1. The molecule has 6 heteroatoms. The van der Waals surface area contributed by atoms with E-state index >= 15 is 0 Å². The van der Waals surface area contributed by atoms with Crippen LogP contribution in [0.3, 0.4) is 0 Å². The van der Waals surface area contributed by atoms with Crippen LogP contribution in [0.4, 0.5) is 0 Å². The van der Waals surface area contributed by atoms with Crippen molar-refractivity contribution in [2.45, 2.75) is 38.7 Å². The van der Waals surface area contributed by atoms with E-state index < -0.39 is 0 Å². The van der Waals surface area contributed by atoms with Gasteiger partial charge in [0, 0.05) is 25.4 Å².